The summed E-state index contributed by atoms with van der Waals surface area (Å²) in [7, 11) is 0.360. The van der Waals surface area contributed by atoms with Crippen molar-refractivity contribution in [2.24, 2.45) is 0 Å². The first-order valence-electron chi connectivity index (χ1n) is 15.2. The zero-order valence-electron chi connectivity index (χ0n) is 21.7. The molecule has 0 spiro atoms. The maximum Gasteiger partial charge on any atom is -0.0207 e. The van der Waals surface area contributed by atoms with Crippen molar-refractivity contribution >= 4 is 7.92 Å². The molecule has 0 atom stereocenters. The quantitative estimate of drug-likeness (QED) is 0.135. The molecule has 0 aromatic heterocycles. The molecule has 0 saturated heterocycles. The van der Waals surface area contributed by atoms with E-state index in [1.807, 2.05) is 0 Å². The molecular weight excluding hydrogens is 391 g/mol. The van der Waals surface area contributed by atoms with Gasteiger partial charge in [0, 0.05) is 0 Å². The summed E-state index contributed by atoms with van der Waals surface area (Å²) in [5.41, 5.74) is 2.34. The molecule has 0 bridgehead atoms. The molecule has 0 amide bonds. The Kier molecular flexibility index (Phi) is 17.7. The van der Waals surface area contributed by atoms with Crippen LogP contribution >= 0.6 is 7.92 Å². The average molecular weight is 451 g/mol. The van der Waals surface area contributed by atoms with Crippen molar-refractivity contribution in [2.75, 3.05) is 6.16 Å². The Hall–Kier alpha value is 0.430. The van der Waals surface area contributed by atoms with E-state index in [1.54, 1.807) is 63.9 Å². The van der Waals surface area contributed by atoms with E-state index < -0.39 is 0 Å². The summed E-state index contributed by atoms with van der Waals surface area (Å²) in [6, 6.07) is 0. The third-order valence-corrected chi connectivity index (χ3v) is 12.1. The van der Waals surface area contributed by atoms with Crippen molar-refractivity contribution in [1.29, 1.82) is 0 Å². The van der Waals surface area contributed by atoms with Gasteiger partial charge in [0.05, 0.1) is 0 Å². The van der Waals surface area contributed by atoms with Crippen LogP contribution in [0.2, 0.25) is 0 Å². The predicted octanol–water partition coefficient (Wildman–Crippen LogP) is 11.4. The largest absolute Gasteiger partial charge is 0.100 e. The third kappa shape index (κ3) is 13.7. The summed E-state index contributed by atoms with van der Waals surface area (Å²) in [4.78, 5) is 0. The van der Waals surface area contributed by atoms with Crippen molar-refractivity contribution in [1.82, 2.24) is 0 Å². The summed E-state index contributed by atoms with van der Waals surface area (Å²) >= 11 is 0. The summed E-state index contributed by atoms with van der Waals surface area (Å²) in [5, 5.41) is 0. The number of unbranched alkanes of at least 4 members (excludes halogenated alkanes) is 15. The second-order valence-corrected chi connectivity index (χ2v) is 14.1. The summed E-state index contributed by atoms with van der Waals surface area (Å²) in [6.07, 6.45) is 41.2. The normalized spacial score (nSPS) is 18.8. The van der Waals surface area contributed by atoms with Crippen molar-refractivity contribution in [2.45, 2.75) is 185 Å². The van der Waals surface area contributed by atoms with Gasteiger partial charge in [0.2, 0.25) is 0 Å². The Bertz CT molecular complexity index is 349. The molecule has 2 aliphatic carbocycles. The first-order valence-corrected chi connectivity index (χ1v) is 16.8. The highest BCUT2D eigenvalue weighted by atomic mass is 31.1. The molecule has 0 heterocycles. The second kappa shape index (κ2) is 19.9. The molecule has 2 saturated carbocycles. The van der Waals surface area contributed by atoms with Gasteiger partial charge in [-0.1, -0.05) is 142 Å². The Morgan fingerprint density at radius 3 is 1.10 bits per heavy atom. The van der Waals surface area contributed by atoms with Gasteiger partial charge in [-0.05, 0) is 49.6 Å². The van der Waals surface area contributed by atoms with E-state index in [-0.39, 0.29) is 0 Å². The van der Waals surface area contributed by atoms with E-state index in [0.29, 0.717) is 7.92 Å². The fraction of sp³-hybridized carbons (Fsp3) is 1.00. The fourth-order valence-corrected chi connectivity index (χ4v) is 10.3. The zero-order chi connectivity index (χ0) is 21.8. The van der Waals surface area contributed by atoms with Crippen LogP contribution in [0.25, 0.3) is 0 Å². The van der Waals surface area contributed by atoms with Gasteiger partial charge in [-0.25, -0.2) is 0 Å². The van der Waals surface area contributed by atoms with Crippen molar-refractivity contribution in [3.05, 3.63) is 0 Å². The Morgan fingerprint density at radius 2 is 0.742 bits per heavy atom. The molecule has 0 aromatic carbocycles. The van der Waals surface area contributed by atoms with Crippen LogP contribution in [0.4, 0.5) is 0 Å². The van der Waals surface area contributed by atoms with Crippen molar-refractivity contribution < 1.29 is 0 Å². The lowest BCUT2D eigenvalue weighted by Gasteiger charge is -2.38. The average Bonchev–Trinajstić information content (AvgIpc) is 2.82. The minimum Gasteiger partial charge on any atom is -0.100 e. The molecule has 0 aromatic rings. The molecule has 1 heteroatoms. The van der Waals surface area contributed by atoms with E-state index in [4.69, 9.17) is 0 Å². The predicted molar refractivity (Wildman–Crippen MR) is 145 cm³/mol. The number of hydrogen-bond acceptors (Lipinski definition) is 0. The Labute approximate surface area is 199 Å². The second-order valence-electron chi connectivity index (χ2n) is 11.1. The lowest BCUT2D eigenvalue weighted by atomic mass is 9.99. The van der Waals surface area contributed by atoms with E-state index >= 15 is 0 Å². The number of rotatable bonds is 19. The molecule has 184 valence electrons. The Balaban J connectivity index is 1.40. The highest BCUT2D eigenvalue weighted by Gasteiger charge is 2.30. The van der Waals surface area contributed by atoms with Crippen LogP contribution in [0, 0.1) is 0 Å². The van der Waals surface area contributed by atoms with Crippen LogP contribution < -0.4 is 0 Å². The third-order valence-electron chi connectivity index (χ3n) is 8.36. The minimum atomic E-state index is 0.360. The molecule has 0 N–H and O–H groups in total. The monoisotopic (exact) mass is 450 g/mol. The maximum atomic E-state index is 2.31. The fourth-order valence-electron chi connectivity index (χ4n) is 6.33. The molecular formula is C30H59P. The molecule has 2 rings (SSSR count). The van der Waals surface area contributed by atoms with Crippen molar-refractivity contribution in [3.63, 3.8) is 0 Å². The molecule has 2 fully saturated rings. The topological polar surface area (TPSA) is 0 Å². The molecule has 0 nitrogen and oxygen atoms in total. The molecule has 0 radical (unpaired) electrons. The molecule has 2 aliphatic rings. The first kappa shape index (κ1) is 27.7. The van der Waals surface area contributed by atoms with E-state index in [2.05, 4.69) is 6.92 Å². The maximum absolute atomic E-state index is 2.31. The SMILES string of the molecule is CCCCCCCCCCCCCCCCCCP(C1CCCCC1)C1CCCCC1. The lowest BCUT2D eigenvalue weighted by molar-refractivity contribution is 0.483. The van der Waals surface area contributed by atoms with Gasteiger partial charge < -0.3 is 0 Å². The van der Waals surface area contributed by atoms with Crippen LogP contribution in [0.15, 0.2) is 0 Å². The van der Waals surface area contributed by atoms with E-state index in [0.717, 1.165) is 0 Å². The molecule has 0 unspecified atom stereocenters. The van der Waals surface area contributed by atoms with Crippen LogP contribution in [-0.2, 0) is 0 Å². The van der Waals surface area contributed by atoms with Gasteiger partial charge in [0.1, 0.15) is 0 Å². The van der Waals surface area contributed by atoms with Crippen LogP contribution in [0.1, 0.15) is 174 Å². The zero-order valence-corrected chi connectivity index (χ0v) is 22.6. The van der Waals surface area contributed by atoms with Gasteiger partial charge in [0.15, 0.2) is 0 Å². The van der Waals surface area contributed by atoms with Gasteiger partial charge in [-0.3, -0.25) is 0 Å². The van der Waals surface area contributed by atoms with Gasteiger partial charge in [-0.2, -0.15) is 0 Å². The van der Waals surface area contributed by atoms with Gasteiger partial charge >= 0.3 is 0 Å². The van der Waals surface area contributed by atoms with E-state index in [9.17, 15) is 0 Å². The van der Waals surface area contributed by atoms with Gasteiger partial charge in [-0.15, -0.1) is 7.92 Å². The highest BCUT2D eigenvalue weighted by Crippen LogP contribution is 2.56. The number of hydrogen-bond donors (Lipinski definition) is 0. The van der Waals surface area contributed by atoms with Crippen LogP contribution in [0.3, 0.4) is 0 Å². The van der Waals surface area contributed by atoms with Gasteiger partial charge in [0.25, 0.3) is 0 Å². The van der Waals surface area contributed by atoms with Crippen LogP contribution in [0.5, 0.6) is 0 Å². The smallest absolute Gasteiger partial charge is 0.0207 e. The molecule has 31 heavy (non-hydrogen) atoms. The first-order chi connectivity index (χ1) is 15.4. The lowest BCUT2D eigenvalue weighted by Crippen LogP contribution is -2.22. The highest BCUT2D eigenvalue weighted by molar-refractivity contribution is 7.59. The Morgan fingerprint density at radius 1 is 0.419 bits per heavy atom. The van der Waals surface area contributed by atoms with Crippen molar-refractivity contribution in [3.8, 4) is 0 Å². The van der Waals surface area contributed by atoms with E-state index in [1.165, 1.54) is 120 Å². The summed E-state index contributed by atoms with van der Waals surface area (Å²) in [6.45, 7) is 2.31. The summed E-state index contributed by atoms with van der Waals surface area (Å²) < 4.78 is 0. The molecule has 0 aliphatic heterocycles. The minimum absolute atomic E-state index is 0.360. The standard InChI is InChI=1S/C30H59P/c1-2-3-4-5-6-7-8-9-10-11-12-13-14-15-16-23-28-31(29-24-19-17-20-25-29)30-26-21-18-22-27-30/h29-30H,2-28H2,1H3. The van der Waals surface area contributed by atoms with Crippen LogP contribution in [-0.4, -0.2) is 17.5 Å². The summed E-state index contributed by atoms with van der Waals surface area (Å²) in [5.74, 6) is 0.